The van der Waals surface area contributed by atoms with Gasteiger partial charge in [0.25, 0.3) is 0 Å². The molecule has 0 aromatic rings. The molecule has 4 aliphatic carbocycles. The topological polar surface area (TPSA) is 37.3 Å². The Morgan fingerprint density at radius 3 is 2.70 bits per heavy atom. The lowest BCUT2D eigenvalue weighted by Crippen LogP contribution is -2.53. The second-order valence-corrected chi connectivity index (χ2v) is 8.76. The molecule has 0 aromatic carbocycles. The summed E-state index contributed by atoms with van der Waals surface area (Å²) in [5.74, 6) is 1.94. The number of aliphatic hydroxyl groups is 1. The van der Waals surface area contributed by atoms with E-state index in [0.29, 0.717) is 24.2 Å². The van der Waals surface area contributed by atoms with Gasteiger partial charge in [0.1, 0.15) is 0 Å². The van der Waals surface area contributed by atoms with Crippen molar-refractivity contribution in [1.82, 2.24) is 0 Å². The third-order valence-corrected chi connectivity index (χ3v) is 8.07. The normalized spacial score (nSPS) is 51.5. The minimum atomic E-state index is -0.712. The fourth-order valence-electron chi connectivity index (χ4n) is 6.39. The average Bonchev–Trinajstić information content (AvgIpc) is 2.80. The van der Waals surface area contributed by atoms with Gasteiger partial charge in [-0.15, -0.1) is 6.58 Å². The number of hydrogen-bond acceptors (Lipinski definition) is 2. The van der Waals surface area contributed by atoms with E-state index in [1.54, 1.807) is 6.08 Å². The van der Waals surface area contributed by atoms with Gasteiger partial charge in [-0.2, -0.15) is 0 Å². The summed E-state index contributed by atoms with van der Waals surface area (Å²) in [6.07, 6.45) is 14.1. The number of fused-ring (bicyclic) bond motifs is 5. The first kappa shape index (κ1) is 15.4. The van der Waals surface area contributed by atoms with Crippen LogP contribution in [0.1, 0.15) is 52.4 Å². The van der Waals surface area contributed by atoms with E-state index < -0.39 is 5.60 Å². The number of rotatable bonds is 1. The summed E-state index contributed by atoms with van der Waals surface area (Å²) in [6, 6.07) is 0. The maximum absolute atomic E-state index is 11.8. The molecule has 0 aromatic heterocycles. The SMILES string of the molecule is C=C[C@]1(O)CC[C@H]2[C@@H]3C=CC4=CC(=O)CC[C@]4(C)[C@H]3CC[C@@]21C. The van der Waals surface area contributed by atoms with Crippen molar-refractivity contribution < 1.29 is 9.90 Å². The van der Waals surface area contributed by atoms with Gasteiger partial charge >= 0.3 is 0 Å². The zero-order chi connectivity index (χ0) is 16.5. The van der Waals surface area contributed by atoms with Gasteiger partial charge in [0, 0.05) is 11.8 Å². The first-order valence-electron chi connectivity index (χ1n) is 9.13. The van der Waals surface area contributed by atoms with Gasteiger partial charge < -0.3 is 5.11 Å². The number of ketones is 1. The van der Waals surface area contributed by atoms with Crippen LogP contribution in [0, 0.1) is 28.6 Å². The predicted molar refractivity (Wildman–Crippen MR) is 91.8 cm³/mol. The third-order valence-electron chi connectivity index (χ3n) is 8.07. The van der Waals surface area contributed by atoms with Gasteiger partial charge in [-0.3, -0.25) is 4.79 Å². The van der Waals surface area contributed by atoms with Crippen LogP contribution in [0.2, 0.25) is 0 Å². The summed E-state index contributed by atoms with van der Waals surface area (Å²) < 4.78 is 0. The molecule has 1 N–H and O–H groups in total. The molecule has 23 heavy (non-hydrogen) atoms. The molecule has 6 atom stereocenters. The highest BCUT2D eigenvalue weighted by molar-refractivity contribution is 5.92. The Kier molecular flexibility index (Phi) is 3.14. The van der Waals surface area contributed by atoms with Crippen LogP contribution in [-0.4, -0.2) is 16.5 Å². The summed E-state index contributed by atoms with van der Waals surface area (Å²) in [6.45, 7) is 8.56. The minimum Gasteiger partial charge on any atom is -0.385 e. The Labute approximate surface area is 139 Å². The molecular weight excluding hydrogens is 284 g/mol. The number of carbonyl (C=O) groups excluding carboxylic acids is 1. The molecule has 0 heterocycles. The van der Waals surface area contributed by atoms with Crippen molar-refractivity contribution in [2.75, 3.05) is 0 Å². The lowest BCUT2D eigenvalue weighted by molar-refractivity contribution is -0.117. The first-order valence-corrected chi connectivity index (χ1v) is 9.13. The van der Waals surface area contributed by atoms with E-state index in [0.717, 1.165) is 32.1 Å². The molecule has 4 rings (SSSR count). The van der Waals surface area contributed by atoms with E-state index in [2.05, 4.69) is 32.6 Å². The molecule has 2 fully saturated rings. The maximum Gasteiger partial charge on any atom is 0.156 e. The highest BCUT2D eigenvalue weighted by atomic mass is 16.3. The first-order chi connectivity index (χ1) is 10.8. The van der Waals surface area contributed by atoms with E-state index in [1.165, 1.54) is 5.57 Å². The van der Waals surface area contributed by atoms with Gasteiger partial charge in [0.05, 0.1) is 5.60 Å². The molecule has 0 aliphatic heterocycles. The van der Waals surface area contributed by atoms with Crippen LogP contribution in [0.3, 0.4) is 0 Å². The van der Waals surface area contributed by atoms with Gasteiger partial charge in [-0.1, -0.05) is 32.1 Å². The second kappa shape index (κ2) is 4.69. The Balaban J connectivity index is 1.75. The van der Waals surface area contributed by atoms with E-state index in [-0.39, 0.29) is 16.6 Å². The van der Waals surface area contributed by atoms with Crippen LogP contribution in [0.5, 0.6) is 0 Å². The van der Waals surface area contributed by atoms with E-state index in [1.807, 2.05) is 6.08 Å². The van der Waals surface area contributed by atoms with Crippen LogP contribution in [0.15, 0.2) is 36.5 Å². The Morgan fingerprint density at radius 2 is 1.96 bits per heavy atom. The molecule has 0 radical (unpaired) electrons. The largest absolute Gasteiger partial charge is 0.385 e. The fraction of sp³-hybridized carbons (Fsp3) is 0.667. The molecule has 4 aliphatic rings. The van der Waals surface area contributed by atoms with Crippen molar-refractivity contribution >= 4 is 5.78 Å². The molecule has 0 amide bonds. The molecule has 0 saturated heterocycles. The Bertz CT molecular complexity index is 630. The fourth-order valence-corrected chi connectivity index (χ4v) is 6.39. The summed E-state index contributed by atoms with van der Waals surface area (Å²) in [5.41, 5.74) is 0.623. The second-order valence-electron chi connectivity index (χ2n) is 8.76. The Hall–Kier alpha value is -1.15. The number of allylic oxidation sites excluding steroid dienone is 4. The van der Waals surface area contributed by atoms with Crippen molar-refractivity contribution in [3.8, 4) is 0 Å². The lowest BCUT2D eigenvalue weighted by atomic mass is 9.48. The van der Waals surface area contributed by atoms with Crippen molar-refractivity contribution in [3.63, 3.8) is 0 Å². The molecule has 0 spiro atoms. The molecule has 2 nitrogen and oxygen atoms in total. The van der Waals surface area contributed by atoms with Gasteiger partial charge in [0.2, 0.25) is 0 Å². The highest BCUT2D eigenvalue weighted by Crippen LogP contribution is 2.66. The molecule has 2 heteroatoms. The van der Waals surface area contributed by atoms with Crippen LogP contribution >= 0.6 is 0 Å². The standard InChI is InChI=1S/C21H28O2/c1-4-21(23)12-9-18-16-6-5-14-13-15(22)7-10-19(14,2)17(16)8-11-20(18,21)3/h4-6,13,16-18,23H,1,7-12H2,2-3H3/t16-,17+,18+,19+,20+,21+/m1/s1. The number of carbonyl (C=O) groups is 1. The summed E-state index contributed by atoms with van der Waals surface area (Å²) >= 11 is 0. The molecule has 124 valence electrons. The predicted octanol–water partition coefficient (Wildman–Crippen LogP) is 4.21. The zero-order valence-electron chi connectivity index (χ0n) is 14.3. The highest BCUT2D eigenvalue weighted by Gasteiger charge is 2.62. The molecular formula is C21H28O2. The van der Waals surface area contributed by atoms with Gasteiger partial charge in [-0.25, -0.2) is 0 Å². The molecule has 2 saturated carbocycles. The van der Waals surface area contributed by atoms with Crippen LogP contribution in [0.4, 0.5) is 0 Å². The quantitative estimate of drug-likeness (QED) is 0.736. The molecule has 0 unspecified atom stereocenters. The van der Waals surface area contributed by atoms with Crippen molar-refractivity contribution in [1.29, 1.82) is 0 Å². The van der Waals surface area contributed by atoms with Crippen molar-refractivity contribution in [2.24, 2.45) is 28.6 Å². The monoisotopic (exact) mass is 312 g/mol. The van der Waals surface area contributed by atoms with Crippen molar-refractivity contribution in [2.45, 2.75) is 58.0 Å². The van der Waals surface area contributed by atoms with Crippen molar-refractivity contribution in [3.05, 3.63) is 36.5 Å². The minimum absolute atomic E-state index is 0.0533. The summed E-state index contributed by atoms with van der Waals surface area (Å²) in [7, 11) is 0. The van der Waals surface area contributed by atoms with Crippen LogP contribution in [-0.2, 0) is 4.79 Å². The third kappa shape index (κ3) is 1.82. The summed E-state index contributed by atoms with van der Waals surface area (Å²) in [4.78, 5) is 11.8. The Morgan fingerprint density at radius 1 is 1.22 bits per heavy atom. The smallest absolute Gasteiger partial charge is 0.156 e. The van der Waals surface area contributed by atoms with Gasteiger partial charge in [-0.05, 0) is 66.9 Å². The van der Waals surface area contributed by atoms with E-state index in [4.69, 9.17) is 0 Å². The summed E-state index contributed by atoms with van der Waals surface area (Å²) in [5, 5.41) is 11.1. The van der Waals surface area contributed by atoms with Gasteiger partial charge in [0.15, 0.2) is 5.78 Å². The van der Waals surface area contributed by atoms with Crippen LogP contribution < -0.4 is 0 Å². The van der Waals surface area contributed by atoms with E-state index >= 15 is 0 Å². The van der Waals surface area contributed by atoms with Crippen LogP contribution in [0.25, 0.3) is 0 Å². The number of hydrogen-bond donors (Lipinski definition) is 1. The maximum atomic E-state index is 11.8. The lowest BCUT2D eigenvalue weighted by Gasteiger charge is -2.57. The van der Waals surface area contributed by atoms with E-state index in [9.17, 15) is 9.90 Å². The molecule has 0 bridgehead atoms. The average molecular weight is 312 g/mol. The zero-order valence-corrected chi connectivity index (χ0v) is 14.3.